The molecule has 0 unspecified atom stereocenters. The number of piperidine rings is 1. The minimum Gasteiger partial charge on any atom is -0.299 e. The first kappa shape index (κ1) is 17.9. The van der Waals surface area contributed by atoms with Crippen molar-refractivity contribution >= 4 is 5.65 Å². The van der Waals surface area contributed by atoms with Crippen molar-refractivity contribution in [2.45, 2.75) is 25.3 Å². The summed E-state index contributed by atoms with van der Waals surface area (Å²) in [7, 11) is 0. The summed E-state index contributed by atoms with van der Waals surface area (Å²) in [5, 5.41) is 17.5. The van der Waals surface area contributed by atoms with Gasteiger partial charge in [0, 0.05) is 30.4 Å². The van der Waals surface area contributed by atoms with Gasteiger partial charge >= 0.3 is 0 Å². The normalized spacial score (nSPS) is 15.9. The minimum absolute atomic E-state index is 0.207. The maximum absolute atomic E-state index is 13.9. The van der Waals surface area contributed by atoms with Crippen molar-refractivity contribution in [3.8, 4) is 5.82 Å². The summed E-state index contributed by atoms with van der Waals surface area (Å²) >= 11 is 0. The topological polar surface area (TPSA) is 64.1 Å². The van der Waals surface area contributed by atoms with Gasteiger partial charge in [0.15, 0.2) is 17.3 Å². The molecule has 0 amide bonds. The lowest BCUT2D eigenvalue weighted by molar-refractivity contribution is 0.198. The molecule has 4 heterocycles. The van der Waals surface area contributed by atoms with E-state index in [2.05, 4.69) is 25.3 Å². The highest BCUT2D eigenvalue weighted by atomic mass is 19.1. The summed E-state index contributed by atoms with van der Waals surface area (Å²) < 4.78 is 30.8. The third-order valence-electron chi connectivity index (χ3n) is 5.37. The van der Waals surface area contributed by atoms with Crippen molar-refractivity contribution in [1.29, 1.82) is 0 Å². The molecule has 1 aromatic carbocycles. The lowest BCUT2D eigenvalue weighted by atomic mass is 9.95. The van der Waals surface area contributed by atoms with Crippen LogP contribution < -0.4 is 0 Å². The van der Waals surface area contributed by atoms with Gasteiger partial charge in [0.25, 0.3) is 0 Å². The summed E-state index contributed by atoms with van der Waals surface area (Å²) in [5.74, 6) is 0.949. The minimum atomic E-state index is -0.412. The van der Waals surface area contributed by atoms with E-state index in [0.29, 0.717) is 23.6 Å². The van der Waals surface area contributed by atoms with Gasteiger partial charge in [0.2, 0.25) is 0 Å². The van der Waals surface area contributed by atoms with Crippen molar-refractivity contribution in [3.05, 3.63) is 71.8 Å². The van der Waals surface area contributed by atoms with E-state index < -0.39 is 5.82 Å². The zero-order chi connectivity index (χ0) is 19.8. The molecule has 1 saturated heterocycles. The first-order valence-electron chi connectivity index (χ1n) is 9.56. The summed E-state index contributed by atoms with van der Waals surface area (Å²) in [6.45, 7) is 1.95. The van der Waals surface area contributed by atoms with Crippen LogP contribution in [0.25, 0.3) is 11.5 Å². The number of hydrogen-bond acceptors (Lipinski definition) is 5. The fraction of sp³-hybridized carbons (Fsp3) is 0.300. The van der Waals surface area contributed by atoms with Gasteiger partial charge in [0.1, 0.15) is 11.6 Å². The van der Waals surface area contributed by atoms with E-state index in [0.717, 1.165) is 37.8 Å². The highest BCUT2D eigenvalue weighted by Crippen LogP contribution is 2.28. The summed E-state index contributed by atoms with van der Waals surface area (Å²) in [5.41, 5.74) is 1.09. The maximum atomic E-state index is 13.9. The molecular weight excluding hydrogens is 376 g/mol. The molecule has 0 atom stereocenters. The second-order valence-corrected chi connectivity index (χ2v) is 7.26. The molecular formula is C20H19F2N7. The predicted octanol–water partition coefficient (Wildman–Crippen LogP) is 2.97. The lowest BCUT2D eigenvalue weighted by Crippen LogP contribution is -2.33. The zero-order valence-electron chi connectivity index (χ0n) is 15.6. The molecule has 0 radical (unpaired) electrons. The van der Waals surface area contributed by atoms with Crippen molar-refractivity contribution in [2.24, 2.45) is 0 Å². The first-order valence-corrected chi connectivity index (χ1v) is 9.56. The van der Waals surface area contributed by atoms with Gasteiger partial charge in [-0.1, -0.05) is 0 Å². The third-order valence-corrected chi connectivity index (χ3v) is 5.37. The van der Waals surface area contributed by atoms with E-state index in [1.807, 2.05) is 24.4 Å². The Kier molecular flexibility index (Phi) is 4.51. The van der Waals surface area contributed by atoms with Gasteiger partial charge in [-0.05, 0) is 62.3 Å². The Labute approximate surface area is 165 Å². The van der Waals surface area contributed by atoms with Gasteiger partial charge in [0.05, 0.1) is 0 Å². The Morgan fingerprint density at radius 1 is 1.03 bits per heavy atom. The number of nitrogens with zero attached hydrogens (tertiary/aromatic N) is 7. The summed E-state index contributed by atoms with van der Waals surface area (Å²) in [6, 6.07) is 9.18. The lowest BCUT2D eigenvalue weighted by Gasteiger charge is -2.31. The molecule has 7 nitrogen and oxygen atoms in total. The SMILES string of the molecule is Fc1ccc(F)c(CN2CCC(c3nnc4ccc(-n5cccn5)nn34)CC2)c1. The molecule has 148 valence electrons. The molecule has 1 fully saturated rings. The predicted molar refractivity (Wildman–Crippen MR) is 102 cm³/mol. The Morgan fingerprint density at radius 2 is 1.90 bits per heavy atom. The van der Waals surface area contributed by atoms with E-state index in [9.17, 15) is 8.78 Å². The standard InChI is InChI=1S/C20H19F2N7/c21-16-2-3-17(22)15(12-16)13-27-10-6-14(7-11-27)20-25-24-18-4-5-19(26-29(18)20)28-9-1-8-23-28/h1-5,8-9,12,14H,6-7,10-11,13H2. The third kappa shape index (κ3) is 3.49. The van der Waals surface area contributed by atoms with Crippen LogP contribution in [0.15, 0.2) is 48.8 Å². The van der Waals surface area contributed by atoms with E-state index in [-0.39, 0.29) is 11.7 Å². The number of halogens is 2. The average molecular weight is 395 g/mol. The van der Waals surface area contributed by atoms with Gasteiger partial charge in [-0.3, -0.25) is 4.90 Å². The first-order chi connectivity index (χ1) is 14.2. The van der Waals surface area contributed by atoms with Gasteiger partial charge in [-0.25, -0.2) is 13.5 Å². The fourth-order valence-electron chi connectivity index (χ4n) is 3.83. The summed E-state index contributed by atoms with van der Waals surface area (Å²) in [4.78, 5) is 2.14. The number of rotatable bonds is 4. The molecule has 1 aliphatic heterocycles. The molecule has 9 heteroatoms. The van der Waals surface area contributed by atoms with Crippen LogP contribution in [0.5, 0.6) is 0 Å². The van der Waals surface area contributed by atoms with E-state index in [1.54, 1.807) is 15.4 Å². The Morgan fingerprint density at radius 3 is 2.69 bits per heavy atom. The number of fused-ring (bicyclic) bond motifs is 1. The highest BCUT2D eigenvalue weighted by Gasteiger charge is 2.26. The van der Waals surface area contributed by atoms with Gasteiger partial charge < -0.3 is 0 Å². The molecule has 0 aliphatic carbocycles. The Balaban J connectivity index is 1.32. The Bertz CT molecular complexity index is 1130. The van der Waals surface area contributed by atoms with Crippen molar-refractivity contribution in [2.75, 3.05) is 13.1 Å². The summed E-state index contributed by atoms with van der Waals surface area (Å²) in [6.07, 6.45) is 5.25. The molecule has 0 saturated carbocycles. The molecule has 5 rings (SSSR count). The number of likely N-dealkylation sites (tertiary alicyclic amines) is 1. The quantitative estimate of drug-likeness (QED) is 0.532. The molecule has 1 aliphatic rings. The van der Waals surface area contributed by atoms with Crippen LogP contribution in [-0.4, -0.2) is 47.6 Å². The van der Waals surface area contributed by atoms with E-state index >= 15 is 0 Å². The number of hydrogen-bond donors (Lipinski definition) is 0. The number of aromatic nitrogens is 6. The molecule has 3 aromatic heterocycles. The monoisotopic (exact) mass is 395 g/mol. The van der Waals surface area contributed by atoms with Crippen LogP contribution in [0.4, 0.5) is 8.78 Å². The molecule has 0 spiro atoms. The smallest absolute Gasteiger partial charge is 0.178 e. The van der Waals surface area contributed by atoms with Crippen LogP contribution in [0.3, 0.4) is 0 Å². The second kappa shape index (κ2) is 7.32. The Hall–Kier alpha value is -3.20. The fourth-order valence-corrected chi connectivity index (χ4v) is 3.83. The second-order valence-electron chi connectivity index (χ2n) is 7.26. The molecule has 4 aromatic rings. The van der Waals surface area contributed by atoms with Crippen molar-refractivity contribution < 1.29 is 8.78 Å². The van der Waals surface area contributed by atoms with Gasteiger partial charge in [-0.15, -0.1) is 15.3 Å². The number of benzene rings is 1. The molecule has 0 bridgehead atoms. The van der Waals surface area contributed by atoms with Crippen LogP contribution in [0, 0.1) is 11.6 Å². The molecule has 29 heavy (non-hydrogen) atoms. The van der Waals surface area contributed by atoms with Crippen LogP contribution >= 0.6 is 0 Å². The van der Waals surface area contributed by atoms with E-state index in [1.165, 1.54) is 12.1 Å². The van der Waals surface area contributed by atoms with Crippen LogP contribution in [0.1, 0.15) is 30.1 Å². The van der Waals surface area contributed by atoms with Gasteiger partial charge in [-0.2, -0.15) is 9.61 Å². The van der Waals surface area contributed by atoms with Crippen LogP contribution in [-0.2, 0) is 6.54 Å². The molecule has 0 N–H and O–H groups in total. The van der Waals surface area contributed by atoms with Crippen LogP contribution in [0.2, 0.25) is 0 Å². The van der Waals surface area contributed by atoms with Crippen molar-refractivity contribution in [1.82, 2.24) is 34.5 Å². The maximum Gasteiger partial charge on any atom is 0.178 e. The largest absolute Gasteiger partial charge is 0.299 e. The average Bonchev–Trinajstić information content (AvgIpc) is 3.41. The van der Waals surface area contributed by atoms with Crippen molar-refractivity contribution in [3.63, 3.8) is 0 Å². The zero-order valence-corrected chi connectivity index (χ0v) is 15.6. The highest BCUT2D eigenvalue weighted by molar-refractivity contribution is 5.39. The van der Waals surface area contributed by atoms with E-state index in [4.69, 9.17) is 0 Å².